The Labute approximate surface area is 131 Å². The van der Waals surface area contributed by atoms with Gasteiger partial charge in [-0.1, -0.05) is 55.8 Å². The Balaban J connectivity index is 2.06. The van der Waals surface area contributed by atoms with Crippen molar-refractivity contribution < 1.29 is 4.79 Å². The monoisotopic (exact) mass is 301 g/mol. The Kier molecular flexibility index (Phi) is 5.40. The predicted molar refractivity (Wildman–Crippen MR) is 87.7 cm³/mol. The SMILES string of the molecule is CC(C)C(Cc1ccc(Cl)cc1)NC(=O)c1ccccc1. The molecular formula is C18H20ClNO. The maximum absolute atomic E-state index is 12.3. The molecule has 0 radical (unpaired) electrons. The van der Waals surface area contributed by atoms with Crippen molar-refractivity contribution in [3.8, 4) is 0 Å². The van der Waals surface area contributed by atoms with Crippen LogP contribution in [0.3, 0.4) is 0 Å². The summed E-state index contributed by atoms with van der Waals surface area (Å²) in [6, 6.07) is 17.2. The number of rotatable bonds is 5. The van der Waals surface area contributed by atoms with Gasteiger partial charge in [-0.3, -0.25) is 4.79 Å². The molecule has 1 N–H and O–H groups in total. The van der Waals surface area contributed by atoms with Crippen LogP contribution in [-0.4, -0.2) is 11.9 Å². The van der Waals surface area contributed by atoms with Crippen molar-refractivity contribution in [3.63, 3.8) is 0 Å². The van der Waals surface area contributed by atoms with E-state index in [0.29, 0.717) is 11.5 Å². The van der Waals surface area contributed by atoms with Crippen LogP contribution in [0.4, 0.5) is 0 Å². The molecule has 0 saturated carbocycles. The molecule has 0 heterocycles. The summed E-state index contributed by atoms with van der Waals surface area (Å²) >= 11 is 5.91. The lowest BCUT2D eigenvalue weighted by Gasteiger charge is -2.22. The van der Waals surface area contributed by atoms with E-state index in [9.17, 15) is 4.79 Å². The van der Waals surface area contributed by atoms with Crippen molar-refractivity contribution in [2.24, 2.45) is 5.92 Å². The van der Waals surface area contributed by atoms with Gasteiger partial charge in [-0.05, 0) is 42.2 Å². The van der Waals surface area contributed by atoms with Gasteiger partial charge in [-0.2, -0.15) is 0 Å². The molecule has 0 spiro atoms. The van der Waals surface area contributed by atoms with E-state index in [2.05, 4.69) is 19.2 Å². The smallest absolute Gasteiger partial charge is 0.251 e. The molecule has 3 heteroatoms. The highest BCUT2D eigenvalue weighted by molar-refractivity contribution is 6.30. The largest absolute Gasteiger partial charge is 0.349 e. The summed E-state index contributed by atoms with van der Waals surface area (Å²) < 4.78 is 0. The maximum Gasteiger partial charge on any atom is 0.251 e. The van der Waals surface area contributed by atoms with Crippen LogP contribution in [0, 0.1) is 5.92 Å². The minimum Gasteiger partial charge on any atom is -0.349 e. The van der Waals surface area contributed by atoms with E-state index in [4.69, 9.17) is 11.6 Å². The molecular weight excluding hydrogens is 282 g/mol. The Morgan fingerprint density at radius 1 is 1.05 bits per heavy atom. The van der Waals surface area contributed by atoms with Crippen molar-refractivity contribution >= 4 is 17.5 Å². The quantitative estimate of drug-likeness (QED) is 0.874. The van der Waals surface area contributed by atoms with Gasteiger partial charge >= 0.3 is 0 Å². The summed E-state index contributed by atoms with van der Waals surface area (Å²) in [5.41, 5.74) is 1.87. The average molecular weight is 302 g/mol. The molecule has 0 aliphatic rings. The van der Waals surface area contributed by atoms with Crippen molar-refractivity contribution in [1.82, 2.24) is 5.32 Å². The van der Waals surface area contributed by atoms with Crippen molar-refractivity contribution in [3.05, 3.63) is 70.7 Å². The molecule has 2 rings (SSSR count). The van der Waals surface area contributed by atoms with Gasteiger partial charge in [-0.15, -0.1) is 0 Å². The van der Waals surface area contributed by atoms with Crippen LogP contribution in [0.1, 0.15) is 29.8 Å². The molecule has 0 aromatic heterocycles. The summed E-state index contributed by atoms with van der Waals surface area (Å²) in [6.45, 7) is 4.23. The average Bonchev–Trinajstić information content (AvgIpc) is 2.49. The molecule has 2 aromatic rings. The fraction of sp³-hybridized carbons (Fsp3) is 0.278. The number of hydrogen-bond acceptors (Lipinski definition) is 1. The molecule has 0 bridgehead atoms. The number of carbonyl (C=O) groups is 1. The lowest BCUT2D eigenvalue weighted by molar-refractivity contribution is 0.0926. The van der Waals surface area contributed by atoms with Crippen LogP contribution in [0.25, 0.3) is 0 Å². The van der Waals surface area contributed by atoms with Crippen LogP contribution in [0.5, 0.6) is 0 Å². The molecule has 0 aliphatic heterocycles. The first-order chi connectivity index (χ1) is 10.1. The molecule has 0 saturated heterocycles. The summed E-state index contributed by atoms with van der Waals surface area (Å²) in [6.07, 6.45) is 0.799. The summed E-state index contributed by atoms with van der Waals surface area (Å²) in [5.74, 6) is 0.330. The zero-order valence-electron chi connectivity index (χ0n) is 12.3. The highest BCUT2D eigenvalue weighted by atomic mass is 35.5. The third kappa shape index (κ3) is 4.61. The number of carbonyl (C=O) groups excluding carboxylic acids is 1. The second-order valence-corrected chi connectivity index (χ2v) is 5.96. The maximum atomic E-state index is 12.3. The topological polar surface area (TPSA) is 29.1 Å². The van der Waals surface area contributed by atoms with Crippen molar-refractivity contribution in [2.75, 3.05) is 0 Å². The Hall–Kier alpha value is -1.80. The second-order valence-electron chi connectivity index (χ2n) is 5.52. The molecule has 2 aromatic carbocycles. The third-order valence-electron chi connectivity index (χ3n) is 3.53. The van der Waals surface area contributed by atoms with Gasteiger partial charge < -0.3 is 5.32 Å². The second kappa shape index (κ2) is 7.28. The van der Waals surface area contributed by atoms with E-state index in [1.165, 1.54) is 5.56 Å². The van der Waals surface area contributed by atoms with Crippen LogP contribution < -0.4 is 5.32 Å². The van der Waals surface area contributed by atoms with Gasteiger partial charge in [0.25, 0.3) is 5.91 Å². The standard InChI is InChI=1S/C18H20ClNO/c1-13(2)17(12-14-8-10-16(19)11-9-14)20-18(21)15-6-4-3-5-7-15/h3-11,13,17H,12H2,1-2H3,(H,20,21). The highest BCUT2D eigenvalue weighted by Gasteiger charge is 2.17. The fourth-order valence-electron chi connectivity index (χ4n) is 2.17. The molecule has 1 unspecified atom stereocenters. The highest BCUT2D eigenvalue weighted by Crippen LogP contribution is 2.14. The van der Waals surface area contributed by atoms with Crippen LogP contribution in [0.15, 0.2) is 54.6 Å². The first kappa shape index (κ1) is 15.6. The van der Waals surface area contributed by atoms with E-state index in [0.717, 1.165) is 11.4 Å². The van der Waals surface area contributed by atoms with Crippen LogP contribution in [-0.2, 0) is 6.42 Å². The fourth-order valence-corrected chi connectivity index (χ4v) is 2.30. The lowest BCUT2D eigenvalue weighted by atomic mass is 9.96. The number of benzene rings is 2. The number of halogens is 1. The third-order valence-corrected chi connectivity index (χ3v) is 3.78. The van der Waals surface area contributed by atoms with Gasteiger partial charge in [0.05, 0.1) is 0 Å². The Bertz CT molecular complexity index is 578. The number of amides is 1. The first-order valence-corrected chi connectivity index (χ1v) is 7.54. The molecule has 0 aliphatic carbocycles. The summed E-state index contributed by atoms with van der Waals surface area (Å²) in [4.78, 5) is 12.3. The Morgan fingerprint density at radius 3 is 2.24 bits per heavy atom. The van der Waals surface area contributed by atoms with E-state index < -0.39 is 0 Å². The summed E-state index contributed by atoms with van der Waals surface area (Å²) in [5, 5.41) is 3.85. The van der Waals surface area contributed by atoms with Gasteiger partial charge in [-0.25, -0.2) is 0 Å². The molecule has 1 amide bonds. The van der Waals surface area contributed by atoms with Gasteiger partial charge in [0.2, 0.25) is 0 Å². The molecule has 110 valence electrons. The van der Waals surface area contributed by atoms with Gasteiger partial charge in [0.15, 0.2) is 0 Å². The molecule has 0 fully saturated rings. The van der Waals surface area contributed by atoms with Gasteiger partial charge in [0.1, 0.15) is 0 Å². The normalized spacial score (nSPS) is 12.2. The van der Waals surface area contributed by atoms with Crippen LogP contribution in [0.2, 0.25) is 5.02 Å². The minimum atomic E-state index is -0.0248. The zero-order valence-corrected chi connectivity index (χ0v) is 13.1. The van der Waals surface area contributed by atoms with Gasteiger partial charge in [0, 0.05) is 16.6 Å². The number of nitrogens with one attached hydrogen (secondary N) is 1. The predicted octanol–water partition coefficient (Wildman–Crippen LogP) is 4.34. The molecule has 2 nitrogen and oxygen atoms in total. The Morgan fingerprint density at radius 2 is 1.67 bits per heavy atom. The van der Waals surface area contributed by atoms with E-state index in [1.807, 2.05) is 54.6 Å². The van der Waals surface area contributed by atoms with Crippen LogP contribution >= 0.6 is 11.6 Å². The summed E-state index contributed by atoms with van der Waals surface area (Å²) in [7, 11) is 0. The zero-order chi connectivity index (χ0) is 15.2. The molecule has 1 atom stereocenters. The van der Waals surface area contributed by atoms with E-state index >= 15 is 0 Å². The first-order valence-electron chi connectivity index (χ1n) is 7.16. The van der Waals surface area contributed by atoms with Crippen molar-refractivity contribution in [1.29, 1.82) is 0 Å². The van der Waals surface area contributed by atoms with E-state index in [1.54, 1.807) is 0 Å². The molecule has 21 heavy (non-hydrogen) atoms. The van der Waals surface area contributed by atoms with E-state index in [-0.39, 0.29) is 11.9 Å². The minimum absolute atomic E-state index is 0.0248. The van der Waals surface area contributed by atoms with Crippen molar-refractivity contribution in [2.45, 2.75) is 26.3 Å². The number of hydrogen-bond donors (Lipinski definition) is 1. The lowest BCUT2D eigenvalue weighted by Crippen LogP contribution is -2.40.